The molecule has 1 heterocycles. The lowest BCUT2D eigenvalue weighted by Crippen LogP contribution is -2.49. The van der Waals surface area contributed by atoms with Gasteiger partial charge < -0.3 is 20.3 Å². The molecule has 2 rings (SSSR count). The van der Waals surface area contributed by atoms with Crippen LogP contribution in [0.3, 0.4) is 0 Å². The molecule has 124 valence electrons. The minimum absolute atomic E-state index is 0. The Kier molecular flexibility index (Phi) is 9.31. The summed E-state index contributed by atoms with van der Waals surface area (Å²) in [5, 5.41) is 7.74. The molecule has 3 atom stereocenters. The zero-order valence-electron chi connectivity index (χ0n) is 13.3. The van der Waals surface area contributed by atoms with Gasteiger partial charge in [-0.1, -0.05) is 0 Å². The average molecular weight is 428 g/mol. The van der Waals surface area contributed by atoms with Crippen LogP contribution in [0.2, 0.25) is 0 Å². The highest BCUT2D eigenvalue weighted by Crippen LogP contribution is 2.27. The van der Waals surface area contributed by atoms with E-state index in [9.17, 15) is 0 Å². The first-order valence-electron chi connectivity index (χ1n) is 7.51. The van der Waals surface area contributed by atoms with E-state index in [1.54, 1.807) is 0 Å². The number of nitrogens with one attached hydrogen (secondary N) is 2. The molecular weight excluding hydrogens is 399 g/mol. The molecular formula is C14H29IN4OS. The summed E-state index contributed by atoms with van der Waals surface area (Å²) in [5.74, 6) is 0.911. The molecule has 0 amide bonds. The fraction of sp³-hybridized carbons (Fsp3) is 0.929. The Balaban J connectivity index is 0.00000220. The molecule has 2 aliphatic rings. The second kappa shape index (κ2) is 10.1. The Morgan fingerprint density at radius 3 is 2.86 bits per heavy atom. The van der Waals surface area contributed by atoms with Crippen molar-refractivity contribution in [3.63, 3.8) is 0 Å². The van der Waals surface area contributed by atoms with E-state index in [-0.39, 0.29) is 30.1 Å². The number of hydrogen-bond donors (Lipinski definition) is 2. The number of hydrogen-bond acceptors (Lipinski definition) is 4. The molecule has 1 saturated heterocycles. The van der Waals surface area contributed by atoms with Crippen LogP contribution < -0.4 is 10.6 Å². The zero-order chi connectivity index (χ0) is 14.4. The van der Waals surface area contributed by atoms with Crippen LogP contribution in [0.4, 0.5) is 0 Å². The number of halogens is 1. The number of guanidine groups is 1. The molecule has 1 saturated carbocycles. The fourth-order valence-electron chi connectivity index (χ4n) is 2.87. The molecule has 1 aliphatic heterocycles. The lowest BCUT2D eigenvalue weighted by molar-refractivity contribution is -0.0161. The second-order valence-electron chi connectivity index (χ2n) is 5.72. The van der Waals surface area contributed by atoms with Crippen molar-refractivity contribution in [1.82, 2.24) is 15.5 Å². The van der Waals surface area contributed by atoms with E-state index < -0.39 is 0 Å². The molecule has 0 aromatic carbocycles. The normalized spacial score (nSPS) is 30.8. The number of rotatable bonds is 4. The summed E-state index contributed by atoms with van der Waals surface area (Å²) < 4.78 is 5.76. The smallest absolute Gasteiger partial charge is 0.191 e. The van der Waals surface area contributed by atoms with Crippen molar-refractivity contribution in [2.45, 2.75) is 36.7 Å². The Hall–Kier alpha value is 0.270. The monoisotopic (exact) mass is 428 g/mol. The molecule has 2 N–H and O–H groups in total. The van der Waals surface area contributed by atoms with Gasteiger partial charge in [0, 0.05) is 38.0 Å². The summed E-state index contributed by atoms with van der Waals surface area (Å²) in [6.45, 7) is 3.67. The molecule has 0 aromatic rings. The number of aliphatic imine (C=N–C) groups is 1. The topological polar surface area (TPSA) is 48.9 Å². The van der Waals surface area contributed by atoms with Crippen LogP contribution in [0.15, 0.2) is 4.99 Å². The van der Waals surface area contributed by atoms with Crippen molar-refractivity contribution in [2.24, 2.45) is 4.99 Å². The van der Waals surface area contributed by atoms with Crippen LogP contribution >= 0.6 is 35.7 Å². The summed E-state index contributed by atoms with van der Waals surface area (Å²) >= 11 is 1.98. The minimum atomic E-state index is 0. The molecule has 7 heteroatoms. The fourth-order valence-corrected chi connectivity index (χ4v) is 3.67. The predicted molar refractivity (Wildman–Crippen MR) is 102 cm³/mol. The van der Waals surface area contributed by atoms with E-state index in [2.05, 4.69) is 33.8 Å². The van der Waals surface area contributed by atoms with Gasteiger partial charge in [-0.2, -0.15) is 11.8 Å². The minimum Gasteiger partial charge on any atom is -0.374 e. The molecule has 0 bridgehead atoms. The van der Waals surface area contributed by atoms with E-state index in [4.69, 9.17) is 4.74 Å². The Bertz CT molecular complexity index is 332. The maximum absolute atomic E-state index is 5.76. The highest BCUT2D eigenvalue weighted by Gasteiger charge is 2.25. The van der Waals surface area contributed by atoms with Crippen LogP contribution in [-0.2, 0) is 4.74 Å². The third kappa shape index (κ3) is 6.50. The van der Waals surface area contributed by atoms with Crippen LogP contribution in [0.5, 0.6) is 0 Å². The van der Waals surface area contributed by atoms with Crippen molar-refractivity contribution in [2.75, 3.05) is 46.6 Å². The molecule has 2 fully saturated rings. The van der Waals surface area contributed by atoms with Gasteiger partial charge in [0.05, 0.1) is 12.7 Å². The van der Waals surface area contributed by atoms with Gasteiger partial charge in [-0.3, -0.25) is 4.99 Å². The van der Waals surface area contributed by atoms with E-state index in [0.29, 0.717) is 6.04 Å². The third-order valence-corrected chi connectivity index (χ3v) is 5.22. The number of nitrogens with zero attached hydrogens (tertiary/aromatic N) is 2. The van der Waals surface area contributed by atoms with Crippen molar-refractivity contribution in [3.05, 3.63) is 0 Å². The first-order valence-corrected chi connectivity index (χ1v) is 8.80. The van der Waals surface area contributed by atoms with Gasteiger partial charge in [-0.15, -0.1) is 24.0 Å². The summed E-state index contributed by atoms with van der Waals surface area (Å²) in [7, 11) is 3.98. The first-order chi connectivity index (χ1) is 9.71. The van der Waals surface area contributed by atoms with Crippen LogP contribution in [-0.4, -0.2) is 74.8 Å². The van der Waals surface area contributed by atoms with Crippen molar-refractivity contribution in [1.29, 1.82) is 0 Å². The van der Waals surface area contributed by atoms with Crippen LogP contribution in [0.1, 0.15) is 19.3 Å². The second-order valence-corrected chi connectivity index (χ2v) is 6.86. The van der Waals surface area contributed by atoms with Crippen LogP contribution in [0, 0.1) is 0 Å². The highest BCUT2D eigenvalue weighted by molar-refractivity contribution is 14.0. The predicted octanol–water partition coefficient (Wildman–Crippen LogP) is 1.38. The van der Waals surface area contributed by atoms with Gasteiger partial charge in [0.25, 0.3) is 0 Å². The van der Waals surface area contributed by atoms with E-state index in [1.165, 1.54) is 19.3 Å². The van der Waals surface area contributed by atoms with Crippen molar-refractivity contribution >= 4 is 41.7 Å². The highest BCUT2D eigenvalue weighted by atomic mass is 127. The molecule has 21 heavy (non-hydrogen) atoms. The molecule has 0 radical (unpaired) electrons. The number of ether oxygens (including phenoxy) is 1. The SMILES string of the molecule is CN=C(NCC1CN(C)CCO1)NC1CCC(SC)C1.I. The number of likely N-dealkylation sites (N-methyl/N-ethyl adjacent to an activating group) is 1. The summed E-state index contributed by atoms with van der Waals surface area (Å²) in [6.07, 6.45) is 6.26. The molecule has 0 aromatic heterocycles. The number of morpholine rings is 1. The van der Waals surface area contributed by atoms with Gasteiger partial charge >= 0.3 is 0 Å². The molecule has 0 spiro atoms. The third-order valence-electron chi connectivity index (χ3n) is 4.12. The lowest BCUT2D eigenvalue weighted by Gasteiger charge is -2.30. The maximum atomic E-state index is 5.76. The van der Waals surface area contributed by atoms with Gasteiger partial charge in [0.1, 0.15) is 0 Å². The van der Waals surface area contributed by atoms with Crippen molar-refractivity contribution < 1.29 is 4.74 Å². The average Bonchev–Trinajstić information content (AvgIpc) is 2.91. The summed E-state index contributed by atoms with van der Waals surface area (Å²) in [4.78, 5) is 6.64. The van der Waals surface area contributed by atoms with Gasteiger partial charge in [0.15, 0.2) is 5.96 Å². The summed E-state index contributed by atoms with van der Waals surface area (Å²) in [6, 6.07) is 0.564. The van der Waals surface area contributed by atoms with Gasteiger partial charge in [-0.25, -0.2) is 0 Å². The van der Waals surface area contributed by atoms with Crippen molar-refractivity contribution in [3.8, 4) is 0 Å². The van der Waals surface area contributed by atoms with E-state index in [0.717, 1.165) is 37.5 Å². The van der Waals surface area contributed by atoms with Crippen LogP contribution in [0.25, 0.3) is 0 Å². The molecule has 3 unspecified atom stereocenters. The largest absolute Gasteiger partial charge is 0.374 e. The molecule has 1 aliphatic carbocycles. The first kappa shape index (κ1) is 19.3. The van der Waals surface area contributed by atoms with Gasteiger partial charge in [0.2, 0.25) is 0 Å². The molecule has 5 nitrogen and oxygen atoms in total. The lowest BCUT2D eigenvalue weighted by atomic mass is 10.2. The summed E-state index contributed by atoms with van der Waals surface area (Å²) in [5.41, 5.74) is 0. The van der Waals surface area contributed by atoms with E-state index in [1.807, 2.05) is 18.8 Å². The van der Waals surface area contributed by atoms with Gasteiger partial charge in [-0.05, 0) is 32.6 Å². The van der Waals surface area contributed by atoms with E-state index >= 15 is 0 Å². The number of thioether (sulfide) groups is 1. The zero-order valence-corrected chi connectivity index (χ0v) is 16.4. The standard InChI is InChI=1S/C14H28N4OS.HI/c1-15-14(17-11-4-5-13(8-11)20-3)16-9-12-10-18(2)6-7-19-12;/h11-13H,4-10H2,1-3H3,(H2,15,16,17);1H. The Morgan fingerprint density at radius 2 is 2.24 bits per heavy atom. The Labute approximate surface area is 150 Å². The Morgan fingerprint density at radius 1 is 1.43 bits per heavy atom. The quantitative estimate of drug-likeness (QED) is 0.403. The maximum Gasteiger partial charge on any atom is 0.191 e.